The van der Waals surface area contributed by atoms with Crippen LogP contribution in [0.4, 0.5) is 0 Å². The molecule has 0 amide bonds. The van der Waals surface area contributed by atoms with E-state index in [2.05, 4.69) is 6.58 Å². The van der Waals surface area contributed by atoms with Crippen molar-refractivity contribution in [3.63, 3.8) is 0 Å². The quantitative estimate of drug-likeness (QED) is 0.470. The van der Waals surface area contributed by atoms with Crippen LogP contribution in [0.1, 0.15) is 6.92 Å². The minimum absolute atomic E-state index is 0. The molecule has 0 fully saturated rings. The molecule has 54 valence electrons. The van der Waals surface area contributed by atoms with E-state index in [1.54, 1.807) is 0 Å². The van der Waals surface area contributed by atoms with Crippen LogP contribution in [0.15, 0.2) is 12.7 Å². The first-order valence-electron chi connectivity index (χ1n) is 2.05. The second kappa shape index (κ2) is 11.1. The van der Waals surface area contributed by atoms with Crippen LogP contribution in [-0.2, 0) is 29.1 Å². The van der Waals surface area contributed by atoms with Crippen molar-refractivity contribution in [2.75, 3.05) is 0 Å². The van der Waals surface area contributed by atoms with Crippen LogP contribution in [0.3, 0.4) is 0 Å². The van der Waals surface area contributed by atoms with E-state index in [4.69, 9.17) is 15.0 Å². The molecule has 0 unspecified atom stereocenters. The molecule has 0 aromatic carbocycles. The average Bonchev–Trinajstić information content (AvgIpc) is 1.65. The Bertz CT molecular complexity index is 117. The zero-order valence-corrected chi connectivity index (χ0v) is 8.67. The minimum atomic E-state index is -0.981. The summed E-state index contributed by atoms with van der Waals surface area (Å²) in [5.41, 5.74) is 0. The molecule has 4 nitrogen and oxygen atoms in total. The Balaban J connectivity index is -0.0000000910. The van der Waals surface area contributed by atoms with E-state index in [1.807, 2.05) is 0 Å². The number of hydrogen-bond donors (Lipinski definition) is 2. The van der Waals surface area contributed by atoms with Crippen LogP contribution in [-0.4, -0.2) is 22.2 Å². The van der Waals surface area contributed by atoms with Gasteiger partial charge in [0, 0.05) is 32.5 Å². The second-order valence-electron chi connectivity index (χ2n) is 1.06. The molecule has 0 aliphatic heterocycles. The summed E-state index contributed by atoms with van der Waals surface area (Å²) in [6.45, 7) is 4.04. The molecule has 5 heteroatoms. The third kappa shape index (κ3) is 171. The molecule has 2 N–H and O–H groups in total. The maximum Gasteiger partial charge on any atom is 0.327 e. The van der Waals surface area contributed by atoms with Crippen molar-refractivity contribution in [3.8, 4) is 0 Å². The Labute approximate surface area is 71.3 Å². The molecule has 0 aromatic rings. The van der Waals surface area contributed by atoms with Crippen molar-refractivity contribution < 1.29 is 39.3 Å². The van der Waals surface area contributed by atoms with Crippen molar-refractivity contribution in [2.24, 2.45) is 0 Å². The zero-order chi connectivity index (χ0) is 7.86. The molecule has 0 aliphatic rings. The van der Waals surface area contributed by atoms with Gasteiger partial charge < -0.3 is 10.2 Å². The summed E-state index contributed by atoms with van der Waals surface area (Å²) in [5, 5.41) is 15.0. The van der Waals surface area contributed by atoms with Crippen LogP contribution in [0.2, 0.25) is 0 Å². The van der Waals surface area contributed by atoms with E-state index in [0.29, 0.717) is 0 Å². The molecule has 0 radical (unpaired) electrons. The number of aliphatic carboxylic acids is 2. The molecule has 0 saturated heterocycles. The fraction of sp³-hybridized carbons (Fsp3) is 0.200. The van der Waals surface area contributed by atoms with E-state index >= 15 is 0 Å². The summed E-state index contributed by atoms with van der Waals surface area (Å²) in [6, 6.07) is 0. The maximum absolute atomic E-state index is 9.25. The van der Waals surface area contributed by atoms with Gasteiger partial charge in [0.2, 0.25) is 0 Å². The fourth-order valence-electron chi connectivity index (χ4n) is 0. The maximum atomic E-state index is 9.25. The molecule has 0 spiro atoms. The monoisotopic (exact) mass is 196 g/mol. The Morgan fingerprint density at radius 1 is 1.40 bits per heavy atom. The van der Waals surface area contributed by atoms with Crippen molar-refractivity contribution in [2.45, 2.75) is 6.92 Å². The molecule has 0 atom stereocenters. The smallest absolute Gasteiger partial charge is 0.327 e. The molecule has 0 aliphatic carbocycles. The van der Waals surface area contributed by atoms with Gasteiger partial charge in [0.05, 0.1) is 0 Å². The van der Waals surface area contributed by atoms with Crippen LogP contribution in [0.5, 0.6) is 0 Å². The van der Waals surface area contributed by atoms with Crippen LogP contribution in [0.25, 0.3) is 0 Å². The van der Waals surface area contributed by atoms with Gasteiger partial charge in [-0.1, -0.05) is 6.58 Å². The van der Waals surface area contributed by atoms with Gasteiger partial charge >= 0.3 is 5.97 Å². The molecule has 0 aromatic heterocycles. The van der Waals surface area contributed by atoms with E-state index < -0.39 is 11.9 Å². The molecule has 0 bridgehead atoms. The Kier molecular flexibility index (Phi) is 18.0. The Morgan fingerprint density at radius 3 is 1.50 bits per heavy atom. The fourth-order valence-corrected chi connectivity index (χ4v) is 0. The Morgan fingerprint density at radius 2 is 1.50 bits per heavy atom. The molecule has 0 rings (SSSR count). The first-order valence-corrected chi connectivity index (χ1v) is 2.05. The van der Waals surface area contributed by atoms with Gasteiger partial charge in [0.1, 0.15) is 0 Å². The van der Waals surface area contributed by atoms with E-state index in [0.717, 1.165) is 13.0 Å². The number of carboxylic acid groups (broad SMARTS) is 2. The van der Waals surface area contributed by atoms with Gasteiger partial charge in [-0.15, -0.1) is 0 Å². The van der Waals surface area contributed by atoms with Gasteiger partial charge in [-0.2, -0.15) is 0 Å². The normalized spacial score (nSPS) is 5.70. The number of rotatable bonds is 1. The van der Waals surface area contributed by atoms with Crippen molar-refractivity contribution in [1.82, 2.24) is 0 Å². The predicted molar refractivity (Wildman–Crippen MR) is 31.1 cm³/mol. The molecular formula is C5H8O4Zn. The van der Waals surface area contributed by atoms with E-state index in [1.165, 1.54) is 0 Å². The summed E-state index contributed by atoms with van der Waals surface area (Å²) in [5.74, 6) is -1.81. The third-order valence-electron chi connectivity index (χ3n) is 0.175. The number of hydrogen-bond acceptors (Lipinski definition) is 2. The summed E-state index contributed by atoms with van der Waals surface area (Å²) in [6.07, 6.45) is 0.833. The molecule has 0 heterocycles. The number of carbonyl (C=O) groups is 2. The van der Waals surface area contributed by atoms with Gasteiger partial charge in [-0.05, 0) is 0 Å². The van der Waals surface area contributed by atoms with Crippen LogP contribution >= 0.6 is 0 Å². The van der Waals surface area contributed by atoms with Gasteiger partial charge in [-0.3, -0.25) is 4.79 Å². The molecule has 10 heavy (non-hydrogen) atoms. The third-order valence-corrected chi connectivity index (χ3v) is 0.175. The van der Waals surface area contributed by atoms with E-state index in [9.17, 15) is 4.79 Å². The van der Waals surface area contributed by atoms with Crippen molar-refractivity contribution >= 4 is 11.9 Å². The summed E-state index contributed by atoms with van der Waals surface area (Å²) >= 11 is 0. The summed E-state index contributed by atoms with van der Waals surface area (Å²) in [7, 11) is 0. The molecular weight excluding hydrogens is 189 g/mol. The minimum Gasteiger partial charge on any atom is -0.481 e. The first-order chi connectivity index (χ1) is 4.00. The zero-order valence-electron chi connectivity index (χ0n) is 5.70. The first kappa shape index (κ1) is 16.1. The van der Waals surface area contributed by atoms with Gasteiger partial charge in [-0.25, -0.2) is 4.79 Å². The number of carboxylic acids is 2. The largest absolute Gasteiger partial charge is 0.481 e. The average molecular weight is 198 g/mol. The van der Waals surface area contributed by atoms with Crippen molar-refractivity contribution in [3.05, 3.63) is 12.7 Å². The topological polar surface area (TPSA) is 74.6 Å². The SMILES string of the molecule is C=CC(=O)O.CC(=O)O.[Zn]. The molecule has 0 saturated carbocycles. The summed E-state index contributed by atoms with van der Waals surface area (Å²) in [4.78, 5) is 18.2. The standard InChI is InChI=1S/C3H4O2.C2H4O2.Zn/c1-2-3(4)5;1-2(3)4;/h2H,1H2,(H,4,5);1H3,(H,3,4);. The summed E-state index contributed by atoms with van der Waals surface area (Å²) < 4.78 is 0. The van der Waals surface area contributed by atoms with Crippen LogP contribution < -0.4 is 0 Å². The predicted octanol–water partition coefficient (Wildman–Crippen LogP) is 0.345. The Hall–Kier alpha value is -0.697. The van der Waals surface area contributed by atoms with Crippen LogP contribution in [0, 0.1) is 0 Å². The van der Waals surface area contributed by atoms with Gasteiger partial charge in [0.15, 0.2) is 0 Å². The van der Waals surface area contributed by atoms with Crippen molar-refractivity contribution in [1.29, 1.82) is 0 Å². The van der Waals surface area contributed by atoms with Gasteiger partial charge in [0.25, 0.3) is 5.97 Å². The second-order valence-corrected chi connectivity index (χ2v) is 1.06. The van der Waals surface area contributed by atoms with E-state index in [-0.39, 0.29) is 19.5 Å².